The van der Waals surface area contributed by atoms with Gasteiger partial charge in [-0.1, -0.05) is 35.6 Å². The molecule has 0 aromatic carbocycles. The maximum absolute atomic E-state index is 11.8. The summed E-state index contributed by atoms with van der Waals surface area (Å²) >= 11 is 3.45. The first-order chi connectivity index (χ1) is 8.29. The Kier molecular flexibility index (Phi) is 5.81. The molecule has 0 radical (unpaired) electrons. The zero-order valence-electron chi connectivity index (χ0n) is 11.6. The van der Waals surface area contributed by atoms with Crippen molar-refractivity contribution in [3.63, 3.8) is 0 Å². The average molecular weight is 332 g/mol. The number of halogens is 1. The van der Waals surface area contributed by atoms with Crippen molar-refractivity contribution < 1.29 is 4.74 Å². The van der Waals surface area contributed by atoms with Crippen LogP contribution >= 0.6 is 15.9 Å². The molecule has 0 fully saturated rings. The molecular weight excluding hydrogens is 310 g/mol. The molecule has 0 amide bonds. The number of nitrogens with zero attached hydrogens (tertiary/aromatic N) is 1. The Balaban J connectivity index is 2.51. The number of hydrogen-bond donors (Lipinski definition) is 0. The van der Waals surface area contributed by atoms with Crippen molar-refractivity contribution in [1.29, 1.82) is 0 Å². The highest BCUT2D eigenvalue weighted by molar-refractivity contribution is 9.09. The summed E-state index contributed by atoms with van der Waals surface area (Å²) in [6.45, 7) is 10.0. The van der Waals surface area contributed by atoms with E-state index in [9.17, 15) is 4.79 Å². The highest BCUT2D eigenvalue weighted by atomic mass is 79.9. The molecule has 0 spiro atoms. The molecule has 3 nitrogen and oxygen atoms in total. The van der Waals surface area contributed by atoms with E-state index in [0.29, 0.717) is 6.73 Å². The lowest BCUT2D eigenvalue weighted by atomic mass is 10.2. The molecule has 1 aromatic heterocycles. The van der Waals surface area contributed by atoms with Gasteiger partial charge in [-0.2, -0.15) is 0 Å². The minimum atomic E-state index is -1.05. The van der Waals surface area contributed by atoms with Crippen molar-refractivity contribution in [1.82, 2.24) is 4.57 Å². The van der Waals surface area contributed by atoms with Crippen LogP contribution in [-0.4, -0.2) is 19.2 Å². The molecule has 0 saturated heterocycles. The van der Waals surface area contributed by atoms with Crippen LogP contribution in [0, 0.1) is 0 Å². The standard InChI is InChI=1S/C13H22BrNO2Si/c1-11(14)12-5-6-15(13(16)9-12)10-17-7-8-18(2,3)4/h5-6,9,11H,7-8,10H2,1-4H3. The maximum atomic E-state index is 11.8. The molecule has 1 heterocycles. The predicted octanol–water partition coefficient (Wildman–Crippen LogP) is 3.62. The summed E-state index contributed by atoms with van der Waals surface area (Å²) in [7, 11) is -1.05. The van der Waals surface area contributed by atoms with E-state index >= 15 is 0 Å². The molecule has 0 bridgehead atoms. The van der Waals surface area contributed by atoms with Crippen LogP contribution in [0.3, 0.4) is 0 Å². The SMILES string of the molecule is CC(Br)c1ccn(COCC[Si](C)(C)C)c(=O)c1. The molecule has 18 heavy (non-hydrogen) atoms. The van der Waals surface area contributed by atoms with E-state index in [4.69, 9.17) is 4.74 Å². The second-order valence-corrected chi connectivity index (χ2v) is 12.7. The summed E-state index contributed by atoms with van der Waals surface area (Å²) in [6.07, 6.45) is 1.80. The third kappa shape index (κ3) is 5.50. The lowest BCUT2D eigenvalue weighted by Gasteiger charge is -2.16. The van der Waals surface area contributed by atoms with Gasteiger partial charge >= 0.3 is 0 Å². The van der Waals surface area contributed by atoms with Crippen molar-refractivity contribution in [3.05, 3.63) is 34.2 Å². The van der Waals surface area contributed by atoms with Gasteiger partial charge in [0.1, 0.15) is 6.73 Å². The summed E-state index contributed by atoms with van der Waals surface area (Å²) in [5, 5.41) is 0. The van der Waals surface area contributed by atoms with Gasteiger partial charge in [0.05, 0.1) is 0 Å². The Bertz CT molecular complexity index is 437. The fourth-order valence-corrected chi connectivity index (χ4v) is 2.46. The lowest BCUT2D eigenvalue weighted by molar-refractivity contribution is 0.0847. The second-order valence-electron chi connectivity index (χ2n) is 5.73. The van der Waals surface area contributed by atoms with E-state index in [2.05, 4.69) is 35.6 Å². The largest absolute Gasteiger partial charge is 0.361 e. The Morgan fingerprint density at radius 3 is 2.61 bits per heavy atom. The molecule has 0 aliphatic rings. The number of pyridine rings is 1. The Morgan fingerprint density at radius 2 is 2.11 bits per heavy atom. The summed E-state index contributed by atoms with van der Waals surface area (Å²) in [4.78, 5) is 12.0. The van der Waals surface area contributed by atoms with E-state index < -0.39 is 8.07 Å². The minimum absolute atomic E-state index is 0.00759. The third-order valence-electron chi connectivity index (χ3n) is 2.71. The topological polar surface area (TPSA) is 31.2 Å². The monoisotopic (exact) mass is 331 g/mol. The number of ether oxygens (including phenoxy) is 1. The van der Waals surface area contributed by atoms with Crippen LogP contribution in [-0.2, 0) is 11.5 Å². The third-order valence-corrected chi connectivity index (χ3v) is 4.94. The van der Waals surface area contributed by atoms with Crippen LogP contribution < -0.4 is 5.56 Å². The number of alkyl halides is 1. The van der Waals surface area contributed by atoms with Crippen molar-refractivity contribution in [2.75, 3.05) is 6.61 Å². The molecule has 0 N–H and O–H groups in total. The fourth-order valence-electron chi connectivity index (χ4n) is 1.42. The minimum Gasteiger partial charge on any atom is -0.361 e. The van der Waals surface area contributed by atoms with Gasteiger partial charge in [0.15, 0.2) is 0 Å². The molecule has 102 valence electrons. The molecule has 0 aliphatic heterocycles. The zero-order chi connectivity index (χ0) is 13.8. The molecule has 1 aromatic rings. The first kappa shape index (κ1) is 15.7. The zero-order valence-corrected chi connectivity index (χ0v) is 14.2. The van der Waals surface area contributed by atoms with E-state index in [-0.39, 0.29) is 10.4 Å². The van der Waals surface area contributed by atoms with Gasteiger partial charge in [-0.3, -0.25) is 9.36 Å². The van der Waals surface area contributed by atoms with E-state index in [1.807, 2.05) is 13.0 Å². The summed E-state index contributed by atoms with van der Waals surface area (Å²) in [5.74, 6) is 0. The van der Waals surface area contributed by atoms with Gasteiger partial charge in [0.2, 0.25) is 0 Å². The second kappa shape index (κ2) is 6.68. The highest BCUT2D eigenvalue weighted by Gasteiger charge is 2.12. The predicted molar refractivity (Wildman–Crippen MR) is 82.1 cm³/mol. The van der Waals surface area contributed by atoms with Crippen LogP contribution in [0.2, 0.25) is 25.7 Å². The van der Waals surface area contributed by atoms with E-state index in [1.165, 1.54) is 0 Å². The molecule has 1 unspecified atom stereocenters. The maximum Gasteiger partial charge on any atom is 0.252 e. The van der Waals surface area contributed by atoms with Crippen molar-refractivity contribution in [2.45, 2.75) is 44.2 Å². The fraction of sp³-hybridized carbons (Fsp3) is 0.615. The molecule has 5 heteroatoms. The first-order valence-electron chi connectivity index (χ1n) is 6.22. The number of rotatable bonds is 6. The van der Waals surface area contributed by atoms with Gasteiger partial charge in [-0.05, 0) is 24.6 Å². The Morgan fingerprint density at radius 1 is 1.44 bits per heavy atom. The Hall–Kier alpha value is -0.393. The quantitative estimate of drug-likeness (QED) is 0.453. The Labute approximate surface area is 118 Å². The summed E-state index contributed by atoms with van der Waals surface area (Å²) in [6, 6.07) is 4.72. The lowest BCUT2D eigenvalue weighted by Crippen LogP contribution is -2.24. The molecule has 1 atom stereocenters. The van der Waals surface area contributed by atoms with Crippen molar-refractivity contribution >= 4 is 24.0 Å². The van der Waals surface area contributed by atoms with Crippen LogP contribution in [0.25, 0.3) is 0 Å². The van der Waals surface area contributed by atoms with E-state index in [0.717, 1.165) is 18.2 Å². The molecule has 0 aliphatic carbocycles. The average Bonchev–Trinajstić information content (AvgIpc) is 2.24. The smallest absolute Gasteiger partial charge is 0.252 e. The van der Waals surface area contributed by atoms with Crippen molar-refractivity contribution in [3.8, 4) is 0 Å². The number of hydrogen-bond acceptors (Lipinski definition) is 2. The van der Waals surface area contributed by atoms with Gasteiger partial charge in [0, 0.05) is 31.8 Å². The highest BCUT2D eigenvalue weighted by Crippen LogP contribution is 2.19. The van der Waals surface area contributed by atoms with Crippen molar-refractivity contribution in [2.24, 2.45) is 0 Å². The number of aromatic nitrogens is 1. The van der Waals surface area contributed by atoms with Crippen LogP contribution in [0.5, 0.6) is 0 Å². The summed E-state index contributed by atoms with van der Waals surface area (Å²) in [5.41, 5.74) is 0.991. The molecular formula is C13H22BrNO2Si. The van der Waals surface area contributed by atoms with E-state index in [1.54, 1.807) is 16.8 Å². The normalized spacial score (nSPS) is 13.6. The van der Waals surface area contributed by atoms with Gasteiger partial charge in [-0.15, -0.1) is 0 Å². The first-order valence-corrected chi connectivity index (χ1v) is 10.8. The van der Waals surface area contributed by atoms with Crippen LogP contribution in [0.15, 0.2) is 23.1 Å². The van der Waals surface area contributed by atoms with Gasteiger partial charge in [-0.25, -0.2) is 0 Å². The summed E-state index contributed by atoms with van der Waals surface area (Å²) < 4.78 is 7.16. The van der Waals surface area contributed by atoms with Gasteiger partial charge < -0.3 is 4.74 Å². The van der Waals surface area contributed by atoms with Crippen LogP contribution in [0.1, 0.15) is 17.3 Å². The molecule has 1 rings (SSSR count). The molecule has 0 saturated carbocycles. The van der Waals surface area contributed by atoms with Crippen LogP contribution in [0.4, 0.5) is 0 Å². The van der Waals surface area contributed by atoms with Gasteiger partial charge in [0.25, 0.3) is 5.56 Å².